The number of aromatic amines is 1. The summed E-state index contributed by atoms with van der Waals surface area (Å²) in [5.74, 6) is -1.75. The van der Waals surface area contributed by atoms with Crippen molar-refractivity contribution >= 4 is 79.7 Å². The van der Waals surface area contributed by atoms with Gasteiger partial charge in [-0.2, -0.15) is 0 Å². The number of benzene rings is 3. The molecule has 214 valence electrons. The summed E-state index contributed by atoms with van der Waals surface area (Å²) in [6, 6.07) is 18.7. The van der Waals surface area contributed by atoms with Gasteiger partial charge in [-0.15, -0.1) is 0 Å². The number of amides is 3. The lowest BCUT2D eigenvalue weighted by Gasteiger charge is -2.31. The van der Waals surface area contributed by atoms with Gasteiger partial charge >= 0.3 is 4.87 Å². The minimum absolute atomic E-state index is 0.300. The van der Waals surface area contributed by atoms with Crippen LogP contribution in [-0.2, 0) is 14.4 Å². The number of imide groups is 1. The largest absolute Gasteiger partial charge is 0.497 e. The van der Waals surface area contributed by atoms with Crippen LogP contribution in [0.25, 0.3) is 0 Å². The Hall–Kier alpha value is -3.58. The van der Waals surface area contributed by atoms with Crippen LogP contribution in [0.5, 0.6) is 11.5 Å². The number of fused-ring (bicyclic) bond motifs is 2. The highest BCUT2D eigenvalue weighted by Crippen LogP contribution is 2.54. The number of ether oxygens (including phenoxy) is 2. The zero-order valence-corrected chi connectivity index (χ0v) is 25.7. The molecule has 1 saturated heterocycles. The average molecular weight is 687 g/mol. The predicted molar refractivity (Wildman–Crippen MR) is 165 cm³/mol. The highest BCUT2D eigenvalue weighted by atomic mass is 79.9. The van der Waals surface area contributed by atoms with Gasteiger partial charge < -0.3 is 19.8 Å². The van der Waals surface area contributed by atoms with Crippen molar-refractivity contribution in [1.29, 1.82) is 0 Å². The van der Waals surface area contributed by atoms with E-state index in [9.17, 15) is 19.2 Å². The molecule has 42 heavy (non-hydrogen) atoms. The number of nitrogens with zero attached hydrogens (tertiary/aromatic N) is 1. The summed E-state index contributed by atoms with van der Waals surface area (Å²) >= 11 is 12.0. The Morgan fingerprint density at radius 3 is 2.50 bits per heavy atom. The van der Waals surface area contributed by atoms with E-state index in [0.29, 0.717) is 43.4 Å². The molecule has 6 rings (SSSR count). The van der Waals surface area contributed by atoms with Crippen molar-refractivity contribution < 1.29 is 23.9 Å². The molecule has 3 aromatic carbocycles. The number of hydrogen-bond donors (Lipinski definition) is 2. The number of aromatic nitrogens is 1. The number of carbonyl (C=O) groups excluding carboxylic acids is 3. The summed E-state index contributed by atoms with van der Waals surface area (Å²) in [5.41, 5.74) is 1.53. The van der Waals surface area contributed by atoms with Crippen molar-refractivity contribution in [3.8, 4) is 11.5 Å². The fourth-order valence-corrected chi connectivity index (χ4v) is 8.06. The first kappa shape index (κ1) is 28.5. The Morgan fingerprint density at radius 1 is 1.05 bits per heavy atom. The number of hydrogen-bond acceptors (Lipinski definition) is 8. The maximum Gasteiger partial charge on any atom is 0.305 e. The lowest BCUT2D eigenvalue weighted by molar-refractivity contribution is -0.122. The maximum atomic E-state index is 14.0. The topological polar surface area (TPSA) is 118 Å². The quantitative estimate of drug-likeness (QED) is 0.241. The number of H-pyrrole nitrogens is 1. The zero-order chi connectivity index (χ0) is 29.5. The Bertz CT molecular complexity index is 1760. The van der Waals surface area contributed by atoms with Gasteiger partial charge in [0, 0.05) is 31.5 Å². The molecular weight excluding hydrogens is 666 g/mol. The van der Waals surface area contributed by atoms with E-state index < -0.39 is 23.0 Å². The third-order valence-corrected chi connectivity index (χ3v) is 10.1. The molecule has 13 heteroatoms. The molecule has 4 aromatic rings. The number of anilines is 2. The fraction of sp³-hybridized carbons (Fsp3) is 0.172. The summed E-state index contributed by atoms with van der Waals surface area (Å²) in [6.07, 6.45) is 0. The molecule has 0 saturated carbocycles. The van der Waals surface area contributed by atoms with E-state index in [1.165, 1.54) is 16.7 Å². The smallest absolute Gasteiger partial charge is 0.305 e. The van der Waals surface area contributed by atoms with Gasteiger partial charge in [-0.1, -0.05) is 50.6 Å². The number of rotatable bonds is 7. The Kier molecular flexibility index (Phi) is 7.88. The lowest BCUT2D eigenvalue weighted by Crippen LogP contribution is -2.32. The Labute approximate surface area is 261 Å². The SMILES string of the molecule is COc1ccc(NC(=O)COc2ccc(Cl)cc2[C@H]2c3sc(=O)[nH]c3SC3C(=O)N(c4ccc(Br)cc4)C(=O)C32)cc1. The minimum atomic E-state index is -0.834. The number of thioether (sulfide) groups is 1. The van der Waals surface area contributed by atoms with Gasteiger partial charge in [0.15, 0.2) is 6.61 Å². The Balaban J connectivity index is 1.34. The van der Waals surface area contributed by atoms with Crippen LogP contribution in [0.2, 0.25) is 5.02 Å². The number of halogens is 2. The van der Waals surface area contributed by atoms with E-state index in [4.69, 9.17) is 21.1 Å². The van der Waals surface area contributed by atoms with Crippen molar-refractivity contribution in [3.05, 3.63) is 96.3 Å². The maximum absolute atomic E-state index is 14.0. The predicted octanol–water partition coefficient (Wildman–Crippen LogP) is 5.67. The molecule has 0 spiro atoms. The first-order valence-electron chi connectivity index (χ1n) is 12.6. The van der Waals surface area contributed by atoms with E-state index >= 15 is 0 Å². The monoisotopic (exact) mass is 685 g/mol. The van der Waals surface area contributed by atoms with E-state index in [1.807, 2.05) is 0 Å². The van der Waals surface area contributed by atoms with E-state index in [1.54, 1.807) is 73.8 Å². The summed E-state index contributed by atoms with van der Waals surface area (Å²) < 4.78 is 11.9. The number of thiazole rings is 1. The highest BCUT2D eigenvalue weighted by molar-refractivity contribution is 9.10. The van der Waals surface area contributed by atoms with Gasteiger partial charge in [-0.25, -0.2) is 4.90 Å². The molecule has 3 heterocycles. The summed E-state index contributed by atoms with van der Waals surface area (Å²) in [7, 11) is 1.56. The van der Waals surface area contributed by atoms with Gasteiger partial charge in [0.25, 0.3) is 5.91 Å². The van der Waals surface area contributed by atoms with Gasteiger partial charge in [0.05, 0.1) is 23.7 Å². The van der Waals surface area contributed by atoms with Gasteiger partial charge in [0.1, 0.15) is 16.7 Å². The first-order valence-corrected chi connectivity index (χ1v) is 15.5. The van der Waals surface area contributed by atoms with Crippen molar-refractivity contribution in [3.63, 3.8) is 0 Å². The van der Waals surface area contributed by atoms with Crippen LogP contribution in [0.4, 0.5) is 11.4 Å². The van der Waals surface area contributed by atoms with Crippen LogP contribution in [0.1, 0.15) is 16.4 Å². The second-order valence-electron chi connectivity index (χ2n) is 9.49. The minimum Gasteiger partial charge on any atom is -0.497 e. The van der Waals surface area contributed by atoms with Crippen LogP contribution in [0.3, 0.4) is 0 Å². The van der Waals surface area contributed by atoms with Crippen LogP contribution in [-0.4, -0.2) is 41.7 Å². The number of nitrogens with one attached hydrogen (secondary N) is 2. The van der Waals surface area contributed by atoms with Crippen LogP contribution in [0, 0.1) is 5.92 Å². The molecule has 2 N–H and O–H groups in total. The third kappa shape index (κ3) is 5.35. The standard InChI is InChI=1S/C29H21BrClN3O6S2/c1-39-18-9-5-16(6-10-18)32-21(35)13-40-20-11-4-15(31)12-19(20)22-23-25(41-26-24(22)42-29(38)33-26)28(37)34(27(23)36)17-7-2-14(30)3-8-17/h2-12,22-23,25H,13H2,1H3,(H,32,35)(H,33,38)/t22-,23?,25?/m1/s1. The molecule has 3 amide bonds. The van der Waals surface area contributed by atoms with Crippen molar-refractivity contribution in [2.75, 3.05) is 23.9 Å². The average Bonchev–Trinajstić information content (AvgIpc) is 3.47. The molecule has 2 aliphatic rings. The van der Waals surface area contributed by atoms with Crippen molar-refractivity contribution in [2.24, 2.45) is 5.92 Å². The summed E-state index contributed by atoms with van der Waals surface area (Å²) in [4.78, 5) is 57.2. The second-order valence-corrected chi connectivity index (χ2v) is 13.0. The van der Waals surface area contributed by atoms with Crippen LogP contribution >= 0.6 is 50.6 Å². The molecule has 9 nitrogen and oxygen atoms in total. The molecule has 2 aliphatic heterocycles. The van der Waals surface area contributed by atoms with Gasteiger partial charge in [0.2, 0.25) is 11.8 Å². The van der Waals surface area contributed by atoms with Gasteiger partial charge in [-0.05, 0) is 66.7 Å². The van der Waals surface area contributed by atoms with Crippen molar-refractivity contribution in [1.82, 2.24) is 4.98 Å². The highest BCUT2D eigenvalue weighted by Gasteiger charge is 2.56. The third-order valence-electron chi connectivity index (χ3n) is 6.95. The fourth-order valence-electron chi connectivity index (χ4n) is 5.11. The zero-order valence-electron chi connectivity index (χ0n) is 21.8. The van der Waals surface area contributed by atoms with Gasteiger partial charge in [-0.3, -0.25) is 19.2 Å². The molecule has 1 aromatic heterocycles. The molecule has 0 aliphatic carbocycles. The molecule has 3 atom stereocenters. The van der Waals surface area contributed by atoms with Crippen LogP contribution < -0.4 is 24.6 Å². The van der Waals surface area contributed by atoms with Crippen LogP contribution in [0.15, 0.2) is 81.0 Å². The number of methoxy groups -OCH3 is 1. The Morgan fingerprint density at radius 2 is 1.79 bits per heavy atom. The lowest BCUT2D eigenvalue weighted by atomic mass is 9.82. The number of carbonyl (C=O) groups is 3. The van der Waals surface area contributed by atoms with E-state index in [2.05, 4.69) is 26.2 Å². The summed E-state index contributed by atoms with van der Waals surface area (Å²) in [5, 5.41) is 2.89. The molecule has 1 fully saturated rings. The molecular formula is C29H21BrClN3O6S2. The molecule has 2 unspecified atom stereocenters. The molecule has 0 radical (unpaired) electrons. The normalized spacial score (nSPS) is 19.3. The van der Waals surface area contributed by atoms with E-state index in [0.717, 1.165) is 15.8 Å². The van der Waals surface area contributed by atoms with Crippen molar-refractivity contribution in [2.45, 2.75) is 16.2 Å². The van der Waals surface area contributed by atoms with E-state index in [-0.39, 0.29) is 23.3 Å². The second kappa shape index (κ2) is 11.6. The first-order chi connectivity index (χ1) is 20.2. The molecule has 0 bridgehead atoms. The summed E-state index contributed by atoms with van der Waals surface area (Å²) in [6.45, 7) is -0.329.